The van der Waals surface area contributed by atoms with Gasteiger partial charge in [-0.2, -0.15) is 0 Å². The molecule has 3 heterocycles. The number of benzene rings is 5. The molecule has 2 N–H and O–H groups in total. The molecule has 0 spiro atoms. The van der Waals surface area contributed by atoms with Gasteiger partial charge in [0, 0.05) is 68.9 Å². The van der Waals surface area contributed by atoms with Gasteiger partial charge in [-0.15, -0.1) is 0 Å². The van der Waals surface area contributed by atoms with E-state index < -0.39 is 8.07 Å². The van der Waals surface area contributed by atoms with Gasteiger partial charge in [0.2, 0.25) is 11.3 Å². The van der Waals surface area contributed by atoms with Crippen LogP contribution in [0.3, 0.4) is 0 Å². The number of anilines is 1. The largest absolute Gasteiger partial charge is 0.366 e. The molecule has 5 aromatic rings. The van der Waals surface area contributed by atoms with Crippen LogP contribution in [-0.4, -0.2) is 58.0 Å². The summed E-state index contributed by atoms with van der Waals surface area (Å²) >= 11 is 0. The molecule has 3 aliphatic heterocycles. The molecule has 68 heavy (non-hydrogen) atoms. The Morgan fingerprint density at radius 3 is 2.10 bits per heavy atom. The first-order chi connectivity index (χ1) is 32.1. The Bertz CT molecular complexity index is 3140. The molecular weight excluding hydrogens is 849 g/mol. The minimum atomic E-state index is -2.28. The molecule has 0 unspecified atom stereocenters. The van der Waals surface area contributed by atoms with Crippen LogP contribution in [0.5, 0.6) is 0 Å². The summed E-state index contributed by atoms with van der Waals surface area (Å²) in [7, 11) is 2.24. The summed E-state index contributed by atoms with van der Waals surface area (Å²) < 4.78 is 2.48. The molecule has 0 saturated carbocycles. The van der Waals surface area contributed by atoms with Crippen LogP contribution >= 0.6 is 0 Å². The van der Waals surface area contributed by atoms with E-state index >= 15 is 0 Å². The lowest BCUT2D eigenvalue weighted by atomic mass is 9.84. The van der Waals surface area contributed by atoms with E-state index in [1.165, 1.54) is 98.3 Å². The Morgan fingerprint density at radius 1 is 0.721 bits per heavy atom. The highest BCUT2D eigenvalue weighted by atomic mass is 28.3. The van der Waals surface area contributed by atoms with Crippen molar-refractivity contribution in [3.05, 3.63) is 147 Å². The molecule has 5 aromatic carbocycles. The Labute approximate surface area is 407 Å². The van der Waals surface area contributed by atoms with Gasteiger partial charge in [-0.25, -0.2) is 4.58 Å². The Balaban J connectivity index is 1.35. The monoisotopic (exact) mass is 924 g/mol. The first-order valence-electron chi connectivity index (χ1n) is 25.1. The Morgan fingerprint density at radius 2 is 1.40 bits per heavy atom. The van der Waals surface area contributed by atoms with Gasteiger partial charge < -0.3 is 15.5 Å². The van der Waals surface area contributed by atoms with Gasteiger partial charge in [-0.1, -0.05) is 81.6 Å². The highest BCUT2D eigenvalue weighted by molar-refractivity contribution is 7.01. The van der Waals surface area contributed by atoms with Gasteiger partial charge in [0.15, 0.2) is 11.3 Å². The molecule has 0 atom stereocenters. The van der Waals surface area contributed by atoms with E-state index in [1.807, 2.05) is 6.92 Å². The minimum absolute atomic E-state index is 0.0914. The van der Waals surface area contributed by atoms with E-state index in [4.69, 9.17) is 0 Å². The van der Waals surface area contributed by atoms with E-state index in [0.717, 1.165) is 45.1 Å². The number of hydrogen-bond donors (Lipinski definition) is 2. The third-order valence-corrected chi connectivity index (χ3v) is 19.2. The number of likely N-dealkylation sites (N-methyl/N-ethyl adjacent to an activating group) is 2. The fraction of sp³-hybridized carbons (Fsp3) is 0.393. The molecule has 0 saturated heterocycles. The number of carbonyl (C=O) groups excluding carboxylic acids is 2. The molecule has 1 amide bonds. The summed E-state index contributed by atoms with van der Waals surface area (Å²) in [5.41, 5.74) is 14.2. The number of unbranched alkanes of at least 4 members (excludes halogenated alkanes) is 3. The highest BCUT2D eigenvalue weighted by Crippen LogP contribution is 2.42. The fourth-order valence-corrected chi connectivity index (χ4v) is 14.4. The van der Waals surface area contributed by atoms with Gasteiger partial charge in [0.1, 0.15) is 15.1 Å². The van der Waals surface area contributed by atoms with Crippen LogP contribution in [0, 0.1) is 0 Å². The number of rotatable bonds is 16. The van der Waals surface area contributed by atoms with Gasteiger partial charge >= 0.3 is 0 Å². The van der Waals surface area contributed by atoms with Crippen molar-refractivity contribution in [3.8, 4) is 0 Å². The van der Waals surface area contributed by atoms with Crippen LogP contribution in [0.1, 0.15) is 127 Å². The second kappa shape index (κ2) is 18.7. The Hall–Kier alpha value is -5.63. The van der Waals surface area contributed by atoms with Crippen molar-refractivity contribution in [1.82, 2.24) is 15.2 Å². The van der Waals surface area contributed by atoms with Crippen LogP contribution < -0.4 is 41.1 Å². The lowest BCUT2D eigenvalue weighted by Crippen LogP contribution is -2.64. The van der Waals surface area contributed by atoms with Gasteiger partial charge in [0.05, 0.1) is 5.54 Å². The molecule has 0 aliphatic carbocycles. The van der Waals surface area contributed by atoms with Crippen molar-refractivity contribution in [2.75, 3.05) is 32.1 Å². The quantitative estimate of drug-likeness (QED) is 0.0340. The molecule has 0 radical (unpaired) electrons. The minimum Gasteiger partial charge on any atom is -0.366 e. The topological polar surface area (TPSA) is 64.5 Å². The number of fused-ring (bicyclic) bond motifs is 6. The molecule has 6 nitrogen and oxygen atoms in total. The number of nitrogens with zero attached hydrogens (tertiary/aromatic N) is 2. The van der Waals surface area contributed by atoms with E-state index in [9.17, 15) is 9.59 Å². The van der Waals surface area contributed by atoms with Crippen molar-refractivity contribution in [2.45, 2.75) is 131 Å². The van der Waals surface area contributed by atoms with Crippen LogP contribution in [0.15, 0.2) is 103 Å². The van der Waals surface area contributed by atoms with Crippen LogP contribution in [0.25, 0.3) is 38.3 Å². The second-order valence-corrected chi connectivity index (χ2v) is 26.2. The zero-order chi connectivity index (χ0) is 49.0. The van der Waals surface area contributed by atoms with Crippen molar-refractivity contribution < 1.29 is 9.59 Å². The molecule has 0 bridgehead atoms. The van der Waals surface area contributed by atoms with Crippen molar-refractivity contribution in [1.29, 1.82) is 0 Å². The third kappa shape index (κ3) is 8.93. The average Bonchev–Trinajstić information content (AvgIpc) is 3.29. The predicted molar refractivity (Wildman–Crippen MR) is 294 cm³/mol. The predicted octanol–water partition coefficient (Wildman–Crippen LogP) is 10.1. The smallest absolute Gasteiger partial charge is 0.246 e. The summed E-state index contributed by atoms with van der Waals surface area (Å²) in [5.74, 6) is 0.0844. The van der Waals surface area contributed by atoms with Crippen LogP contribution in [-0.2, 0) is 22.6 Å². The third-order valence-electron chi connectivity index (χ3n) is 15.7. The molecule has 354 valence electrons. The molecule has 3 aliphatic rings. The summed E-state index contributed by atoms with van der Waals surface area (Å²) in [6, 6.07) is 26.6. The number of allylic oxidation sites excluding steroid dienone is 3. The summed E-state index contributed by atoms with van der Waals surface area (Å²) in [5, 5.41) is 17.6. The fourth-order valence-electron chi connectivity index (χ4n) is 11.3. The average molecular weight is 924 g/mol. The van der Waals surface area contributed by atoms with Crippen molar-refractivity contribution in [2.24, 2.45) is 0 Å². The summed E-state index contributed by atoms with van der Waals surface area (Å²) in [4.78, 5) is 27.0. The maximum atomic E-state index is 12.4. The maximum Gasteiger partial charge on any atom is 0.246 e. The number of aryl methyl sites for hydroxylation is 1. The highest BCUT2D eigenvalue weighted by Gasteiger charge is 2.40. The molecule has 7 heteroatoms. The molecular formula is C61H75N4O2Si+. The van der Waals surface area contributed by atoms with Crippen molar-refractivity contribution >= 4 is 74.1 Å². The zero-order valence-electron chi connectivity index (χ0n) is 43.2. The number of nitrogens with one attached hydrogen (secondary N) is 2. The molecule has 0 aromatic heterocycles. The lowest BCUT2D eigenvalue weighted by Gasteiger charge is -2.43. The van der Waals surface area contributed by atoms with Gasteiger partial charge in [-0.3, -0.25) is 9.59 Å². The summed E-state index contributed by atoms with van der Waals surface area (Å²) in [6.45, 7) is 32.3. The van der Waals surface area contributed by atoms with E-state index in [-0.39, 0.29) is 22.8 Å². The number of Topliss-reactive ketones (excluding diaryl/α,β-unsaturated/α-hetero) is 1. The summed E-state index contributed by atoms with van der Waals surface area (Å²) in [6.07, 6.45) is 11.2. The maximum absolute atomic E-state index is 12.4. The zero-order valence-corrected chi connectivity index (χ0v) is 44.2. The van der Waals surface area contributed by atoms with Crippen LogP contribution in [0.4, 0.5) is 5.69 Å². The van der Waals surface area contributed by atoms with E-state index in [2.05, 4.69) is 181 Å². The number of carbonyl (C=O) groups is 2. The standard InChI is InChI=1S/C61H74N4O2Si/c1-38(2)55(66)25-18-16-15-17-22-44-43-23-19-20-24-45(43)52(37-62-28-21-29-63-59(67)39(3)4)46-27-26-42(30-49(44)46)58-50-31-47-40(5)35-60(7,8)64(11)53(47)33-56(50)68(13,14)57-34-54-48(32-51(57)58)41(6)36-61(9,10)65(54)12/h19-20,23-24,26-27,30-36,62H,1,3,15-18,21-22,25,28-29,37H2,2,4-14H3/p+1. The van der Waals surface area contributed by atoms with Gasteiger partial charge in [0.25, 0.3) is 0 Å². The number of hydrogen-bond acceptors (Lipinski definition) is 4. The van der Waals surface area contributed by atoms with E-state index in [0.29, 0.717) is 30.7 Å². The second-order valence-electron chi connectivity index (χ2n) is 21.9. The Kier molecular flexibility index (Phi) is 13.4. The van der Waals surface area contributed by atoms with Gasteiger partial charge in [-0.05, 0) is 186 Å². The van der Waals surface area contributed by atoms with E-state index in [1.54, 1.807) is 6.92 Å². The number of ketones is 1. The normalized spacial score (nSPS) is 16.4. The first kappa shape index (κ1) is 48.8. The molecule has 8 rings (SSSR count). The lowest BCUT2D eigenvalue weighted by molar-refractivity contribution is -0.117. The first-order valence-corrected chi connectivity index (χ1v) is 28.1. The molecule has 0 fully saturated rings. The SMILES string of the molecule is C=C(C)C(=O)CCCCCCc1c2ccccc2c(CNCCCNC(=O)C(=C)C)c2ccc(C3=c4cc5c(cc4[Si](C)(C)c4cc6c(cc43)C(C)=CC(C)(C)N6C)=[N+](C)C(C)(C)C=C5C)cc12. The van der Waals surface area contributed by atoms with Crippen LogP contribution in [0.2, 0.25) is 13.1 Å². The number of amides is 1. The van der Waals surface area contributed by atoms with Crippen molar-refractivity contribution in [3.63, 3.8) is 0 Å².